The van der Waals surface area contributed by atoms with Gasteiger partial charge in [-0.2, -0.15) is 5.10 Å². The van der Waals surface area contributed by atoms with Crippen molar-refractivity contribution in [3.63, 3.8) is 0 Å². The minimum Gasteiger partial charge on any atom is -0.497 e. The second-order valence-electron chi connectivity index (χ2n) is 6.08. The summed E-state index contributed by atoms with van der Waals surface area (Å²) in [5.41, 5.74) is 3.79. The molecule has 0 aliphatic rings. The molecule has 146 valence electrons. The fraction of sp³-hybridized carbons (Fsp3) is 0.227. The van der Waals surface area contributed by atoms with E-state index < -0.39 is 0 Å². The lowest BCUT2D eigenvalue weighted by Crippen LogP contribution is -1.95. The summed E-state index contributed by atoms with van der Waals surface area (Å²) >= 11 is 0. The van der Waals surface area contributed by atoms with Gasteiger partial charge < -0.3 is 18.9 Å². The van der Waals surface area contributed by atoms with E-state index in [2.05, 4.69) is 28.4 Å². The van der Waals surface area contributed by atoms with Crippen LogP contribution in [-0.2, 0) is 6.42 Å². The van der Waals surface area contributed by atoms with E-state index >= 15 is 0 Å². The second kappa shape index (κ2) is 8.99. The SMILES string of the molecule is COc1ccc(CC=Cc2cc(-c3cc(OC)c(OC)c(OC)c3)n[nH]2)cc1. The van der Waals surface area contributed by atoms with Crippen LogP contribution in [0.15, 0.2) is 48.5 Å². The molecule has 0 radical (unpaired) electrons. The number of methoxy groups -OCH3 is 4. The maximum atomic E-state index is 5.41. The maximum absolute atomic E-state index is 5.41. The molecule has 1 aromatic heterocycles. The molecule has 1 heterocycles. The zero-order valence-corrected chi connectivity index (χ0v) is 16.5. The predicted octanol–water partition coefficient (Wildman–Crippen LogP) is 4.37. The molecular weight excluding hydrogens is 356 g/mol. The van der Waals surface area contributed by atoms with Crippen molar-refractivity contribution in [2.75, 3.05) is 28.4 Å². The van der Waals surface area contributed by atoms with Gasteiger partial charge >= 0.3 is 0 Å². The van der Waals surface area contributed by atoms with E-state index in [9.17, 15) is 0 Å². The molecule has 0 aliphatic carbocycles. The standard InChI is InChI=1S/C22H24N2O4/c1-25-18-10-8-15(9-11-18)6-5-7-17-14-19(24-23-17)16-12-20(26-2)22(28-4)21(13-16)27-3/h5,7-14H,6H2,1-4H3,(H,23,24). The number of H-pyrrole nitrogens is 1. The Hall–Kier alpha value is -3.41. The van der Waals surface area contributed by atoms with Gasteiger partial charge in [0, 0.05) is 5.56 Å². The predicted molar refractivity (Wildman–Crippen MR) is 109 cm³/mol. The molecule has 28 heavy (non-hydrogen) atoms. The molecule has 6 heteroatoms. The molecule has 0 bridgehead atoms. The molecule has 0 unspecified atom stereocenters. The van der Waals surface area contributed by atoms with E-state index in [-0.39, 0.29) is 0 Å². The molecule has 3 aromatic rings. The van der Waals surface area contributed by atoms with Crippen molar-refractivity contribution in [3.05, 3.63) is 59.8 Å². The van der Waals surface area contributed by atoms with Crippen LogP contribution in [0, 0.1) is 0 Å². The molecule has 0 atom stereocenters. The van der Waals surface area contributed by atoms with Crippen LogP contribution in [0.3, 0.4) is 0 Å². The number of benzene rings is 2. The molecule has 3 rings (SSSR count). The molecular formula is C22H24N2O4. The topological polar surface area (TPSA) is 65.6 Å². The zero-order chi connectivity index (χ0) is 19.9. The highest BCUT2D eigenvalue weighted by Gasteiger charge is 2.15. The van der Waals surface area contributed by atoms with Crippen molar-refractivity contribution in [1.29, 1.82) is 0 Å². The molecule has 2 aromatic carbocycles. The van der Waals surface area contributed by atoms with Gasteiger partial charge in [-0.05, 0) is 48.4 Å². The summed E-state index contributed by atoms with van der Waals surface area (Å²) in [6.07, 6.45) is 4.93. The molecule has 0 amide bonds. The van der Waals surface area contributed by atoms with Gasteiger partial charge in [0.2, 0.25) is 5.75 Å². The Kier molecular flexibility index (Phi) is 6.22. The van der Waals surface area contributed by atoms with E-state index in [0.29, 0.717) is 17.2 Å². The third-order valence-electron chi connectivity index (χ3n) is 4.37. The smallest absolute Gasteiger partial charge is 0.203 e. The molecule has 1 N–H and O–H groups in total. The van der Waals surface area contributed by atoms with Crippen LogP contribution in [0.2, 0.25) is 0 Å². The minimum atomic E-state index is 0.559. The van der Waals surface area contributed by atoms with Gasteiger partial charge in [0.15, 0.2) is 11.5 Å². The Morgan fingerprint density at radius 1 is 0.857 bits per heavy atom. The normalized spacial score (nSPS) is 10.9. The molecule has 0 spiro atoms. The van der Waals surface area contributed by atoms with Crippen LogP contribution < -0.4 is 18.9 Å². The Bertz CT molecular complexity index is 920. The number of aromatic nitrogens is 2. The third kappa shape index (κ3) is 4.28. The highest BCUT2D eigenvalue weighted by atomic mass is 16.5. The highest BCUT2D eigenvalue weighted by molar-refractivity contribution is 5.70. The molecule has 0 saturated carbocycles. The van der Waals surface area contributed by atoms with Gasteiger partial charge in [-0.25, -0.2) is 0 Å². The van der Waals surface area contributed by atoms with Crippen molar-refractivity contribution in [2.24, 2.45) is 0 Å². The number of aromatic amines is 1. The first-order chi connectivity index (χ1) is 13.7. The Labute approximate surface area is 164 Å². The quantitative estimate of drug-likeness (QED) is 0.629. The summed E-state index contributed by atoms with van der Waals surface area (Å²) in [5.74, 6) is 2.60. The van der Waals surface area contributed by atoms with E-state index in [4.69, 9.17) is 18.9 Å². The summed E-state index contributed by atoms with van der Waals surface area (Å²) in [4.78, 5) is 0. The van der Waals surface area contributed by atoms with Gasteiger partial charge in [0.1, 0.15) is 5.75 Å². The molecule has 0 fully saturated rings. The lowest BCUT2D eigenvalue weighted by Gasteiger charge is -2.13. The average Bonchev–Trinajstić information content (AvgIpc) is 3.22. The summed E-state index contributed by atoms with van der Waals surface area (Å²) in [7, 11) is 6.44. The molecule has 0 aliphatic heterocycles. The van der Waals surface area contributed by atoms with Gasteiger partial charge in [-0.3, -0.25) is 5.10 Å². The Balaban J connectivity index is 1.76. The highest BCUT2D eigenvalue weighted by Crippen LogP contribution is 2.40. The number of hydrogen-bond acceptors (Lipinski definition) is 5. The van der Waals surface area contributed by atoms with Crippen molar-refractivity contribution in [1.82, 2.24) is 10.2 Å². The van der Waals surface area contributed by atoms with Gasteiger partial charge in [0.05, 0.1) is 39.8 Å². The van der Waals surface area contributed by atoms with Crippen molar-refractivity contribution < 1.29 is 18.9 Å². The van der Waals surface area contributed by atoms with Crippen LogP contribution in [-0.4, -0.2) is 38.6 Å². The van der Waals surface area contributed by atoms with Crippen LogP contribution in [0.4, 0.5) is 0 Å². The first kappa shape index (κ1) is 19.4. The van der Waals surface area contributed by atoms with E-state index in [1.807, 2.05) is 36.4 Å². The number of rotatable bonds is 8. The van der Waals surface area contributed by atoms with Gasteiger partial charge in [-0.15, -0.1) is 0 Å². The fourth-order valence-electron chi connectivity index (χ4n) is 2.88. The van der Waals surface area contributed by atoms with Crippen LogP contribution >= 0.6 is 0 Å². The Morgan fingerprint density at radius 3 is 2.11 bits per heavy atom. The van der Waals surface area contributed by atoms with E-state index in [1.165, 1.54) is 5.56 Å². The number of ether oxygens (including phenoxy) is 4. The average molecular weight is 380 g/mol. The number of allylic oxidation sites excluding steroid dienone is 1. The van der Waals surface area contributed by atoms with Crippen molar-refractivity contribution >= 4 is 6.08 Å². The number of nitrogens with one attached hydrogen (secondary N) is 1. The summed E-state index contributed by atoms with van der Waals surface area (Å²) < 4.78 is 21.4. The first-order valence-corrected chi connectivity index (χ1v) is 8.83. The summed E-state index contributed by atoms with van der Waals surface area (Å²) in [5, 5.41) is 7.44. The fourth-order valence-corrected chi connectivity index (χ4v) is 2.88. The maximum Gasteiger partial charge on any atom is 0.203 e. The Morgan fingerprint density at radius 2 is 1.54 bits per heavy atom. The first-order valence-electron chi connectivity index (χ1n) is 8.83. The number of nitrogens with zero attached hydrogens (tertiary/aromatic N) is 1. The third-order valence-corrected chi connectivity index (χ3v) is 4.37. The van der Waals surface area contributed by atoms with E-state index in [0.717, 1.165) is 29.1 Å². The van der Waals surface area contributed by atoms with Crippen LogP contribution in [0.1, 0.15) is 11.3 Å². The number of hydrogen-bond donors (Lipinski definition) is 1. The summed E-state index contributed by atoms with van der Waals surface area (Å²) in [6, 6.07) is 13.8. The molecule has 0 saturated heterocycles. The minimum absolute atomic E-state index is 0.559. The van der Waals surface area contributed by atoms with Crippen molar-refractivity contribution in [2.45, 2.75) is 6.42 Å². The molecule has 6 nitrogen and oxygen atoms in total. The second-order valence-corrected chi connectivity index (χ2v) is 6.08. The largest absolute Gasteiger partial charge is 0.497 e. The van der Waals surface area contributed by atoms with Crippen LogP contribution in [0.5, 0.6) is 23.0 Å². The van der Waals surface area contributed by atoms with E-state index in [1.54, 1.807) is 28.4 Å². The lowest BCUT2D eigenvalue weighted by molar-refractivity contribution is 0.324. The monoisotopic (exact) mass is 380 g/mol. The summed E-state index contributed by atoms with van der Waals surface area (Å²) in [6.45, 7) is 0. The zero-order valence-electron chi connectivity index (χ0n) is 16.5. The van der Waals surface area contributed by atoms with Gasteiger partial charge in [-0.1, -0.05) is 18.2 Å². The lowest BCUT2D eigenvalue weighted by atomic mass is 10.1. The van der Waals surface area contributed by atoms with Crippen LogP contribution in [0.25, 0.3) is 17.3 Å². The van der Waals surface area contributed by atoms with Crippen molar-refractivity contribution in [3.8, 4) is 34.3 Å². The van der Waals surface area contributed by atoms with Gasteiger partial charge in [0.25, 0.3) is 0 Å².